The number of nitriles is 1. The number of nitrogens with two attached hydrogens (primary N) is 1. The Bertz CT molecular complexity index is 871. The van der Waals surface area contributed by atoms with E-state index < -0.39 is 0 Å². The van der Waals surface area contributed by atoms with Crippen LogP contribution in [-0.4, -0.2) is 4.98 Å². The first kappa shape index (κ1) is 13.4. The smallest absolute Gasteiger partial charge is 0.153 e. The molecule has 1 aromatic heterocycles. The number of nitrogen functional groups attached to an aromatic ring is 1. The van der Waals surface area contributed by atoms with Crippen LogP contribution in [0.5, 0.6) is 11.5 Å². The molecule has 102 valence electrons. The fourth-order valence-electron chi connectivity index (χ4n) is 2.07. The number of rotatable bonds is 2. The van der Waals surface area contributed by atoms with Crippen molar-refractivity contribution in [2.24, 2.45) is 0 Å². The van der Waals surface area contributed by atoms with Crippen LogP contribution in [0.2, 0.25) is 0 Å². The minimum atomic E-state index is 0.443. The number of anilines is 1. The summed E-state index contributed by atoms with van der Waals surface area (Å²) in [6.07, 6.45) is 1.68. The van der Waals surface area contributed by atoms with Gasteiger partial charge in [-0.15, -0.1) is 0 Å². The van der Waals surface area contributed by atoms with Gasteiger partial charge in [-0.25, -0.2) is 0 Å². The molecule has 0 fully saturated rings. The van der Waals surface area contributed by atoms with E-state index >= 15 is 0 Å². The van der Waals surface area contributed by atoms with E-state index in [0.717, 1.165) is 5.39 Å². The first-order valence-corrected chi connectivity index (χ1v) is 6.99. The van der Waals surface area contributed by atoms with Gasteiger partial charge in [0.15, 0.2) is 5.75 Å². The molecule has 0 saturated carbocycles. The highest BCUT2D eigenvalue weighted by molar-refractivity contribution is 9.10. The van der Waals surface area contributed by atoms with Crippen LogP contribution >= 0.6 is 15.9 Å². The molecule has 2 N–H and O–H groups in total. The van der Waals surface area contributed by atoms with Crippen molar-refractivity contribution >= 4 is 32.5 Å². The number of fused-ring (bicyclic) bond motifs is 1. The maximum Gasteiger partial charge on any atom is 0.153 e. The van der Waals surface area contributed by atoms with E-state index in [0.29, 0.717) is 32.7 Å². The molecule has 0 radical (unpaired) electrons. The standard InChI is InChI=1S/C16H10BrN3O/c17-12-4-1-5-14(11(12)9-18)21-15-7-6-13(19)10-3-2-8-20-16(10)15/h1-8H,19H2. The summed E-state index contributed by atoms with van der Waals surface area (Å²) in [5, 5.41) is 10.1. The Morgan fingerprint density at radius 3 is 2.76 bits per heavy atom. The molecule has 0 aliphatic rings. The Morgan fingerprint density at radius 1 is 1.10 bits per heavy atom. The van der Waals surface area contributed by atoms with Crippen LogP contribution in [0.4, 0.5) is 5.69 Å². The number of benzene rings is 2. The molecule has 0 atom stereocenters. The molecule has 0 aliphatic heterocycles. The van der Waals surface area contributed by atoms with Crippen molar-refractivity contribution in [3.8, 4) is 17.6 Å². The number of halogens is 1. The maximum absolute atomic E-state index is 9.24. The van der Waals surface area contributed by atoms with Gasteiger partial charge in [-0.3, -0.25) is 4.98 Å². The van der Waals surface area contributed by atoms with Gasteiger partial charge in [0.2, 0.25) is 0 Å². The minimum absolute atomic E-state index is 0.443. The predicted octanol–water partition coefficient (Wildman–Crippen LogP) is 4.24. The largest absolute Gasteiger partial charge is 0.454 e. The summed E-state index contributed by atoms with van der Waals surface area (Å²) < 4.78 is 6.57. The Hall–Kier alpha value is -2.58. The summed E-state index contributed by atoms with van der Waals surface area (Å²) in [5.74, 6) is 1.04. The van der Waals surface area contributed by atoms with Gasteiger partial charge in [-0.1, -0.05) is 6.07 Å². The van der Waals surface area contributed by atoms with Gasteiger partial charge in [0, 0.05) is 21.7 Å². The van der Waals surface area contributed by atoms with Crippen molar-refractivity contribution in [2.45, 2.75) is 0 Å². The molecule has 0 unspecified atom stereocenters. The van der Waals surface area contributed by atoms with Gasteiger partial charge < -0.3 is 10.5 Å². The molecule has 3 rings (SSSR count). The monoisotopic (exact) mass is 339 g/mol. The Morgan fingerprint density at radius 2 is 1.95 bits per heavy atom. The summed E-state index contributed by atoms with van der Waals surface area (Å²) in [6, 6.07) is 14.7. The third kappa shape index (κ3) is 2.41. The zero-order valence-electron chi connectivity index (χ0n) is 10.9. The third-order valence-electron chi connectivity index (χ3n) is 3.07. The quantitative estimate of drug-likeness (QED) is 0.708. The average Bonchev–Trinajstić information content (AvgIpc) is 2.51. The van der Waals surface area contributed by atoms with Crippen LogP contribution in [0.25, 0.3) is 10.9 Å². The molecular weight excluding hydrogens is 330 g/mol. The highest BCUT2D eigenvalue weighted by atomic mass is 79.9. The fraction of sp³-hybridized carbons (Fsp3) is 0. The van der Waals surface area contributed by atoms with E-state index in [1.165, 1.54) is 0 Å². The van der Waals surface area contributed by atoms with Crippen LogP contribution in [0.3, 0.4) is 0 Å². The van der Waals surface area contributed by atoms with Gasteiger partial charge in [0.05, 0.1) is 0 Å². The van der Waals surface area contributed by atoms with Crippen LogP contribution < -0.4 is 10.5 Å². The Kier molecular flexibility index (Phi) is 3.46. The summed E-state index contributed by atoms with van der Waals surface area (Å²) in [6.45, 7) is 0. The number of nitrogens with zero attached hydrogens (tertiary/aromatic N) is 2. The van der Waals surface area contributed by atoms with Crippen molar-refractivity contribution in [3.63, 3.8) is 0 Å². The van der Waals surface area contributed by atoms with Gasteiger partial charge in [0.1, 0.15) is 22.9 Å². The molecular formula is C16H10BrN3O. The van der Waals surface area contributed by atoms with Crippen molar-refractivity contribution in [3.05, 3.63) is 58.7 Å². The topological polar surface area (TPSA) is 71.9 Å². The second-order valence-electron chi connectivity index (χ2n) is 4.38. The predicted molar refractivity (Wildman–Crippen MR) is 85.1 cm³/mol. The van der Waals surface area contributed by atoms with Crippen LogP contribution in [0, 0.1) is 11.3 Å². The minimum Gasteiger partial charge on any atom is -0.454 e. The molecule has 0 aliphatic carbocycles. The molecule has 1 heterocycles. The number of aromatic nitrogens is 1. The van der Waals surface area contributed by atoms with Crippen molar-refractivity contribution in [2.75, 3.05) is 5.73 Å². The van der Waals surface area contributed by atoms with E-state index in [1.54, 1.807) is 30.5 Å². The molecule has 21 heavy (non-hydrogen) atoms. The van der Waals surface area contributed by atoms with E-state index in [1.807, 2.05) is 18.2 Å². The van der Waals surface area contributed by atoms with E-state index in [2.05, 4.69) is 27.0 Å². The number of pyridine rings is 1. The van der Waals surface area contributed by atoms with E-state index in [4.69, 9.17) is 10.5 Å². The lowest BCUT2D eigenvalue weighted by molar-refractivity contribution is 0.485. The summed E-state index contributed by atoms with van der Waals surface area (Å²) in [4.78, 5) is 4.32. The van der Waals surface area contributed by atoms with Crippen molar-refractivity contribution in [1.29, 1.82) is 5.26 Å². The maximum atomic E-state index is 9.24. The van der Waals surface area contributed by atoms with Gasteiger partial charge in [-0.05, 0) is 52.3 Å². The van der Waals surface area contributed by atoms with Crippen LogP contribution in [0.15, 0.2) is 53.1 Å². The number of ether oxygens (including phenoxy) is 1. The molecule has 3 aromatic rings. The third-order valence-corrected chi connectivity index (χ3v) is 3.73. The molecule has 0 bridgehead atoms. The molecule has 0 spiro atoms. The lowest BCUT2D eigenvalue weighted by Gasteiger charge is -2.11. The Balaban J connectivity index is 2.14. The van der Waals surface area contributed by atoms with Gasteiger partial charge >= 0.3 is 0 Å². The molecule has 5 heteroatoms. The number of hydrogen-bond donors (Lipinski definition) is 1. The van der Waals surface area contributed by atoms with Crippen LogP contribution in [-0.2, 0) is 0 Å². The van der Waals surface area contributed by atoms with Crippen molar-refractivity contribution in [1.82, 2.24) is 4.98 Å². The van der Waals surface area contributed by atoms with Crippen molar-refractivity contribution < 1.29 is 4.74 Å². The molecule has 4 nitrogen and oxygen atoms in total. The average molecular weight is 340 g/mol. The lowest BCUT2D eigenvalue weighted by atomic mass is 10.1. The van der Waals surface area contributed by atoms with Gasteiger partial charge in [0.25, 0.3) is 0 Å². The molecule has 2 aromatic carbocycles. The summed E-state index contributed by atoms with van der Waals surface area (Å²) in [7, 11) is 0. The second-order valence-corrected chi connectivity index (χ2v) is 5.23. The number of hydrogen-bond acceptors (Lipinski definition) is 4. The zero-order chi connectivity index (χ0) is 14.8. The zero-order valence-corrected chi connectivity index (χ0v) is 12.5. The normalized spacial score (nSPS) is 10.3. The second kappa shape index (κ2) is 5.43. The lowest BCUT2D eigenvalue weighted by Crippen LogP contribution is -1.94. The highest BCUT2D eigenvalue weighted by Gasteiger charge is 2.11. The van der Waals surface area contributed by atoms with E-state index in [9.17, 15) is 5.26 Å². The molecule has 0 amide bonds. The van der Waals surface area contributed by atoms with Crippen LogP contribution in [0.1, 0.15) is 5.56 Å². The first-order valence-electron chi connectivity index (χ1n) is 6.20. The molecule has 0 saturated heterocycles. The highest BCUT2D eigenvalue weighted by Crippen LogP contribution is 2.34. The summed E-state index contributed by atoms with van der Waals surface area (Å²) in [5.41, 5.74) is 7.69. The van der Waals surface area contributed by atoms with E-state index in [-0.39, 0.29) is 0 Å². The SMILES string of the molecule is N#Cc1c(Br)cccc1Oc1ccc(N)c2cccnc12. The van der Waals surface area contributed by atoms with Gasteiger partial charge in [-0.2, -0.15) is 5.26 Å². The summed E-state index contributed by atoms with van der Waals surface area (Å²) >= 11 is 3.34. The Labute approximate surface area is 129 Å². The fourth-order valence-corrected chi connectivity index (χ4v) is 2.50. The first-order chi connectivity index (χ1) is 10.2.